The number of nitrogens with zero attached hydrogens (tertiary/aromatic N) is 3. The number of thiophene rings is 1. The minimum Gasteiger partial charge on any atom is -0.471 e. The number of aryl methyl sites for hydroxylation is 1. The molecule has 20 heavy (non-hydrogen) atoms. The topological polar surface area (TPSA) is 55.3 Å². The number of ether oxygens (including phenoxy) is 1. The van der Waals surface area contributed by atoms with E-state index in [-0.39, 0.29) is 12.0 Å². The van der Waals surface area contributed by atoms with Gasteiger partial charge in [-0.2, -0.15) is 16.4 Å². The minimum absolute atomic E-state index is 0.00501. The molecule has 1 fully saturated rings. The summed E-state index contributed by atoms with van der Waals surface area (Å²) >= 11 is 1.53. The predicted octanol–water partition coefficient (Wildman–Crippen LogP) is 2.14. The fourth-order valence-electron chi connectivity index (χ4n) is 2.20. The van der Waals surface area contributed by atoms with E-state index in [9.17, 15) is 4.79 Å². The van der Waals surface area contributed by atoms with E-state index in [1.54, 1.807) is 0 Å². The fourth-order valence-corrected chi connectivity index (χ4v) is 2.83. The summed E-state index contributed by atoms with van der Waals surface area (Å²) in [4.78, 5) is 14.0. The lowest BCUT2D eigenvalue weighted by atomic mass is 10.3. The fraction of sp³-hybridized carbons (Fsp3) is 0.357. The standard InChI is InChI=1S/C14H15N3O2S/c1-10-2-3-13(16-15-10)19-12-4-6-17(8-12)14(18)11-5-7-20-9-11/h2-3,5,7,9,12H,4,6,8H2,1H3. The summed E-state index contributed by atoms with van der Waals surface area (Å²) in [5.41, 5.74) is 1.61. The number of hydrogen-bond acceptors (Lipinski definition) is 5. The van der Waals surface area contributed by atoms with Gasteiger partial charge in [0, 0.05) is 24.4 Å². The number of aromatic nitrogens is 2. The van der Waals surface area contributed by atoms with Crippen LogP contribution in [0.5, 0.6) is 5.88 Å². The summed E-state index contributed by atoms with van der Waals surface area (Å²) in [6.45, 7) is 3.20. The van der Waals surface area contributed by atoms with Gasteiger partial charge in [-0.25, -0.2) is 0 Å². The van der Waals surface area contributed by atoms with Crippen molar-refractivity contribution in [1.29, 1.82) is 0 Å². The molecule has 1 aliphatic rings. The van der Waals surface area contributed by atoms with Crippen LogP contribution in [0.25, 0.3) is 0 Å². The van der Waals surface area contributed by atoms with Crippen LogP contribution in [-0.4, -0.2) is 40.2 Å². The lowest BCUT2D eigenvalue weighted by molar-refractivity contribution is 0.0771. The second-order valence-electron chi connectivity index (χ2n) is 4.80. The van der Waals surface area contributed by atoms with Crippen molar-refractivity contribution in [2.24, 2.45) is 0 Å². The zero-order chi connectivity index (χ0) is 13.9. The second kappa shape index (κ2) is 5.58. The van der Waals surface area contributed by atoms with Crippen molar-refractivity contribution in [2.75, 3.05) is 13.1 Å². The van der Waals surface area contributed by atoms with Crippen molar-refractivity contribution in [3.63, 3.8) is 0 Å². The molecular weight excluding hydrogens is 274 g/mol. The molecule has 2 aromatic heterocycles. The summed E-state index contributed by atoms with van der Waals surface area (Å²) < 4.78 is 5.76. The highest BCUT2D eigenvalue weighted by molar-refractivity contribution is 7.08. The Labute approximate surface area is 121 Å². The van der Waals surface area contributed by atoms with E-state index < -0.39 is 0 Å². The molecule has 0 aliphatic carbocycles. The van der Waals surface area contributed by atoms with Gasteiger partial charge in [-0.3, -0.25) is 4.79 Å². The third-order valence-corrected chi connectivity index (χ3v) is 3.94. The second-order valence-corrected chi connectivity index (χ2v) is 5.58. The Hall–Kier alpha value is -1.95. The molecule has 104 valence electrons. The zero-order valence-corrected chi connectivity index (χ0v) is 12.0. The van der Waals surface area contributed by atoms with Crippen LogP contribution < -0.4 is 4.74 Å². The highest BCUT2D eigenvalue weighted by Gasteiger charge is 2.28. The first kappa shape index (κ1) is 13.1. The van der Waals surface area contributed by atoms with Crippen molar-refractivity contribution >= 4 is 17.2 Å². The Bertz CT molecular complexity index is 583. The number of carbonyl (C=O) groups excluding carboxylic acids is 1. The van der Waals surface area contributed by atoms with E-state index in [2.05, 4.69) is 10.2 Å². The summed E-state index contributed by atoms with van der Waals surface area (Å²) in [6.07, 6.45) is 0.820. The molecule has 1 saturated heterocycles. The number of carbonyl (C=O) groups is 1. The third-order valence-electron chi connectivity index (χ3n) is 3.26. The highest BCUT2D eigenvalue weighted by Crippen LogP contribution is 2.19. The Morgan fingerprint density at radius 2 is 2.30 bits per heavy atom. The predicted molar refractivity (Wildman–Crippen MR) is 76.0 cm³/mol. The molecule has 0 spiro atoms. The van der Waals surface area contributed by atoms with Crippen LogP contribution in [0.2, 0.25) is 0 Å². The SMILES string of the molecule is Cc1ccc(OC2CCN(C(=O)c3ccsc3)C2)nn1. The number of rotatable bonds is 3. The van der Waals surface area contributed by atoms with Gasteiger partial charge in [0.15, 0.2) is 0 Å². The first-order chi connectivity index (χ1) is 9.72. The van der Waals surface area contributed by atoms with Gasteiger partial charge in [0.2, 0.25) is 5.88 Å². The van der Waals surface area contributed by atoms with E-state index in [0.717, 1.165) is 24.2 Å². The molecule has 0 N–H and O–H groups in total. The van der Waals surface area contributed by atoms with Gasteiger partial charge in [0.25, 0.3) is 5.91 Å². The highest BCUT2D eigenvalue weighted by atomic mass is 32.1. The molecule has 6 heteroatoms. The first-order valence-electron chi connectivity index (χ1n) is 6.51. The molecule has 2 aromatic rings. The third kappa shape index (κ3) is 2.80. The van der Waals surface area contributed by atoms with Crippen molar-refractivity contribution in [3.05, 3.63) is 40.2 Å². The maximum Gasteiger partial charge on any atom is 0.254 e. The van der Waals surface area contributed by atoms with E-state index in [1.807, 2.05) is 40.8 Å². The van der Waals surface area contributed by atoms with Gasteiger partial charge in [-0.05, 0) is 24.4 Å². The molecule has 0 saturated carbocycles. The molecule has 3 rings (SSSR count). The van der Waals surface area contributed by atoms with Crippen LogP contribution in [0.4, 0.5) is 0 Å². The van der Waals surface area contributed by atoms with E-state index >= 15 is 0 Å². The molecular formula is C14H15N3O2S. The van der Waals surface area contributed by atoms with Crippen LogP contribution in [0, 0.1) is 6.92 Å². The first-order valence-corrected chi connectivity index (χ1v) is 7.45. The van der Waals surface area contributed by atoms with Crippen LogP contribution in [-0.2, 0) is 0 Å². The van der Waals surface area contributed by atoms with Crippen LogP contribution >= 0.6 is 11.3 Å². The van der Waals surface area contributed by atoms with Gasteiger partial charge in [0.1, 0.15) is 6.10 Å². The van der Waals surface area contributed by atoms with Crippen molar-refractivity contribution in [1.82, 2.24) is 15.1 Å². The van der Waals surface area contributed by atoms with Crippen molar-refractivity contribution < 1.29 is 9.53 Å². The smallest absolute Gasteiger partial charge is 0.254 e. The van der Waals surface area contributed by atoms with Gasteiger partial charge < -0.3 is 9.64 Å². The Balaban J connectivity index is 1.59. The van der Waals surface area contributed by atoms with Gasteiger partial charge in [0.05, 0.1) is 17.8 Å². The van der Waals surface area contributed by atoms with E-state index in [4.69, 9.17) is 4.74 Å². The maximum atomic E-state index is 12.2. The molecule has 1 aliphatic heterocycles. The summed E-state index contributed by atoms with van der Waals surface area (Å²) in [5.74, 6) is 0.595. The Kier molecular flexibility index (Phi) is 3.64. The lowest BCUT2D eigenvalue weighted by Gasteiger charge is -2.16. The number of hydrogen-bond donors (Lipinski definition) is 0. The summed E-state index contributed by atoms with van der Waals surface area (Å²) in [6, 6.07) is 5.53. The van der Waals surface area contributed by atoms with Crippen LogP contribution in [0.1, 0.15) is 22.5 Å². The molecule has 1 atom stereocenters. The average Bonchev–Trinajstić information content (AvgIpc) is 3.12. The Morgan fingerprint density at radius 1 is 1.40 bits per heavy atom. The van der Waals surface area contributed by atoms with Crippen LogP contribution in [0.15, 0.2) is 29.0 Å². The number of likely N-dealkylation sites (tertiary alicyclic amines) is 1. The average molecular weight is 289 g/mol. The molecule has 0 radical (unpaired) electrons. The van der Waals surface area contributed by atoms with Crippen LogP contribution in [0.3, 0.4) is 0 Å². The maximum absolute atomic E-state index is 12.2. The zero-order valence-electron chi connectivity index (χ0n) is 11.2. The quantitative estimate of drug-likeness (QED) is 0.868. The lowest BCUT2D eigenvalue weighted by Crippen LogP contribution is -2.30. The van der Waals surface area contributed by atoms with E-state index in [1.165, 1.54) is 11.3 Å². The summed E-state index contributed by atoms with van der Waals surface area (Å²) in [5, 5.41) is 11.7. The summed E-state index contributed by atoms with van der Waals surface area (Å²) in [7, 11) is 0. The molecule has 0 aromatic carbocycles. The minimum atomic E-state index is -0.00501. The van der Waals surface area contributed by atoms with Gasteiger partial charge in [-0.15, -0.1) is 5.10 Å². The molecule has 3 heterocycles. The molecule has 0 bridgehead atoms. The Morgan fingerprint density at radius 3 is 3.00 bits per heavy atom. The molecule has 5 nitrogen and oxygen atoms in total. The van der Waals surface area contributed by atoms with Gasteiger partial charge in [-0.1, -0.05) is 0 Å². The monoisotopic (exact) mass is 289 g/mol. The molecule has 1 amide bonds. The normalized spacial score (nSPS) is 18.2. The van der Waals surface area contributed by atoms with E-state index in [0.29, 0.717) is 12.4 Å². The van der Waals surface area contributed by atoms with Crippen molar-refractivity contribution in [2.45, 2.75) is 19.4 Å². The van der Waals surface area contributed by atoms with Crippen molar-refractivity contribution in [3.8, 4) is 5.88 Å². The number of amides is 1. The molecule has 1 unspecified atom stereocenters. The van der Waals surface area contributed by atoms with Gasteiger partial charge >= 0.3 is 0 Å². The largest absolute Gasteiger partial charge is 0.471 e.